The van der Waals surface area contributed by atoms with Crippen molar-refractivity contribution in [2.24, 2.45) is 5.92 Å². The van der Waals surface area contributed by atoms with Crippen molar-refractivity contribution in [3.63, 3.8) is 0 Å². The van der Waals surface area contributed by atoms with Crippen LogP contribution in [-0.4, -0.2) is 29.5 Å². The summed E-state index contributed by atoms with van der Waals surface area (Å²) < 4.78 is 26.5. The average molecular weight is 456 g/mol. The molecule has 8 heteroatoms. The van der Waals surface area contributed by atoms with Crippen molar-refractivity contribution in [3.05, 3.63) is 81.4 Å². The van der Waals surface area contributed by atoms with Gasteiger partial charge in [-0.15, -0.1) is 0 Å². The zero-order valence-electron chi connectivity index (χ0n) is 18.8. The van der Waals surface area contributed by atoms with E-state index >= 15 is 0 Å². The SMILES string of the molecule is Cc1ccc2nc(CS(=O)(=O)CC(=O)N[C@H](C)c3ccc(CC(C)C)cc3)cc(=O)n2c1. The number of pyridine rings is 1. The number of carbonyl (C=O) groups is 1. The molecule has 7 nitrogen and oxygen atoms in total. The van der Waals surface area contributed by atoms with Crippen molar-refractivity contribution >= 4 is 21.4 Å². The molecule has 0 saturated heterocycles. The molecule has 32 heavy (non-hydrogen) atoms. The molecule has 0 aliphatic rings. The highest BCUT2D eigenvalue weighted by Crippen LogP contribution is 2.16. The maximum Gasteiger partial charge on any atom is 0.258 e. The van der Waals surface area contributed by atoms with Gasteiger partial charge in [0.2, 0.25) is 5.91 Å². The van der Waals surface area contributed by atoms with E-state index < -0.39 is 27.3 Å². The van der Waals surface area contributed by atoms with Gasteiger partial charge >= 0.3 is 0 Å². The molecular weight excluding hydrogens is 426 g/mol. The summed E-state index contributed by atoms with van der Waals surface area (Å²) in [4.78, 5) is 28.9. The topological polar surface area (TPSA) is 97.6 Å². The third-order valence-electron chi connectivity index (χ3n) is 5.08. The van der Waals surface area contributed by atoms with Crippen molar-refractivity contribution in [1.29, 1.82) is 0 Å². The van der Waals surface area contributed by atoms with Crippen molar-refractivity contribution < 1.29 is 13.2 Å². The molecule has 3 rings (SSSR count). The number of nitrogens with zero attached hydrogens (tertiary/aromatic N) is 2. The molecule has 1 aromatic carbocycles. The molecule has 0 saturated carbocycles. The van der Waals surface area contributed by atoms with Crippen LogP contribution in [0.25, 0.3) is 5.65 Å². The Morgan fingerprint density at radius 2 is 1.78 bits per heavy atom. The van der Waals surface area contributed by atoms with Gasteiger partial charge in [0.15, 0.2) is 9.84 Å². The van der Waals surface area contributed by atoms with Crippen LogP contribution in [0.4, 0.5) is 0 Å². The van der Waals surface area contributed by atoms with Crippen molar-refractivity contribution in [3.8, 4) is 0 Å². The second-order valence-electron chi connectivity index (χ2n) is 8.68. The van der Waals surface area contributed by atoms with Crippen LogP contribution in [0.1, 0.15) is 49.2 Å². The van der Waals surface area contributed by atoms with E-state index in [0.29, 0.717) is 11.6 Å². The van der Waals surface area contributed by atoms with E-state index in [-0.39, 0.29) is 17.3 Å². The summed E-state index contributed by atoms with van der Waals surface area (Å²) in [6.07, 6.45) is 2.62. The highest BCUT2D eigenvalue weighted by Gasteiger charge is 2.20. The van der Waals surface area contributed by atoms with Gasteiger partial charge in [-0.25, -0.2) is 13.4 Å². The Bertz CT molecular complexity index is 1280. The van der Waals surface area contributed by atoms with E-state index in [0.717, 1.165) is 17.5 Å². The summed E-state index contributed by atoms with van der Waals surface area (Å²) in [5, 5.41) is 2.74. The summed E-state index contributed by atoms with van der Waals surface area (Å²) in [5.41, 5.74) is 3.15. The van der Waals surface area contributed by atoms with E-state index in [1.165, 1.54) is 16.0 Å². The lowest BCUT2D eigenvalue weighted by Crippen LogP contribution is -2.33. The summed E-state index contributed by atoms with van der Waals surface area (Å²) in [6.45, 7) is 7.98. The third kappa shape index (κ3) is 6.26. The van der Waals surface area contributed by atoms with Gasteiger partial charge < -0.3 is 5.32 Å². The first-order chi connectivity index (χ1) is 15.0. The highest BCUT2D eigenvalue weighted by molar-refractivity contribution is 7.91. The average Bonchev–Trinajstić information content (AvgIpc) is 2.67. The molecule has 3 aromatic rings. The number of hydrogen-bond donors (Lipinski definition) is 1. The standard InChI is InChI=1S/C24H29N3O4S/c1-16(2)11-19-6-8-20(9-7-19)18(4)25-23(28)15-32(30,31)14-21-12-24(29)27-13-17(3)5-10-22(27)26-21/h5-10,12-13,16,18H,11,14-15H2,1-4H3,(H,25,28)/t18-/m1/s1. The van der Waals surface area contributed by atoms with E-state index in [9.17, 15) is 18.0 Å². The van der Waals surface area contributed by atoms with Crippen LogP contribution in [-0.2, 0) is 26.8 Å². The zero-order valence-corrected chi connectivity index (χ0v) is 19.6. The number of rotatable bonds is 8. The lowest BCUT2D eigenvalue weighted by atomic mass is 10.00. The number of sulfone groups is 1. The van der Waals surface area contributed by atoms with Crippen LogP contribution in [0.5, 0.6) is 0 Å². The Labute approximate surface area is 188 Å². The second kappa shape index (κ2) is 9.65. The van der Waals surface area contributed by atoms with Gasteiger partial charge in [-0.05, 0) is 48.9 Å². The van der Waals surface area contributed by atoms with Gasteiger partial charge in [0.1, 0.15) is 11.4 Å². The van der Waals surface area contributed by atoms with E-state index in [1.54, 1.807) is 18.3 Å². The first kappa shape index (κ1) is 23.7. The lowest BCUT2D eigenvalue weighted by molar-refractivity contribution is -0.119. The minimum atomic E-state index is -3.80. The number of aromatic nitrogens is 2. The largest absolute Gasteiger partial charge is 0.349 e. The molecule has 1 N–H and O–H groups in total. The maximum atomic E-state index is 12.6. The van der Waals surface area contributed by atoms with Crippen LogP contribution in [0.3, 0.4) is 0 Å². The first-order valence-electron chi connectivity index (χ1n) is 10.6. The molecule has 0 spiro atoms. The molecule has 0 fully saturated rings. The van der Waals surface area contributed by atoms with E-state index in [2.05, 4.69) is 24.1 Å². The fourth-order valence-corrected chi connectivity index (χ4v) is 4.77. The van der Waals surface area contributed by atoms with Crippen LogP contribution in [0, 0.1) is 12.8 Å². The van der Waals surface area contributed by atoms with Crippen LogP contribution in [0.15, 0.2) is 53.5 Å². The predicted octanol–water partition coefficient (Wildman–Crippen LogP) is 2.99. The Morgan fingerprint density at radius 1 is 1.09 bits per heavy atom. The van der Waals surface area contributed by atoms with Crippen molar-refractivity contribution in [2.45, 2.75) is 45.9 Å². The lowest BCUT2D eigenvalue weighted by Gasteiger charge is -2.15. The molecule has 1 amide bonds. The van der Waals surface area contributed by atoms with Gasteiger partial charge in [-0.1, -0.05) is 44.2 Å². The first-order valence-corrected chi connectivity index (χ1v) is 12.4. The quantitative estimate of drug-likeness (QED) is 0.563. The van der Waals surface area contributed by atoms with Crippen molar-refractivity contribution in [1.82, 2.24) is 14.7 Å². The number of aryl methyl sites for hydroxylation is 1. The number of fused-ring (bicyclic) bond motifs is 1. The Hall–Kier alpha value is -3.00. The molecule has 1 atom stereocenters. The molecule has 0 radical (unpaired) electrons. The minimum absolute atomic E-state index is 0.125. The van der Waals surface area contributed by atoms with Crippen LogP contribution in [0.2, 0.25) is 0 Å². The number of carbonyl (C=O) groups excluding carboxylic acids is 1. The summed E-state index contributed by atoms with van der Waals surface area (Å²) in [5.74, 6) is -1.17. The van der Waals surface area contributed by atoms with E-state index in [1.807, 2.05) is 38.1 Å². The summed E-state index contributed by atoms with van der Waals surface area (Å²) in [6, 6.07) is 12.3. The normalized spacial score (nSPS) is 12.8. The Kier molecular flexibility index (Phi) is 7.13. The smallest absolute Gasteiger partial charge is 0.258 e. The number of amides is 1. The van der Waals surface area contributed by atoms with Gasteiger partial charge in [0, 0.05) is 12.3 Å². The Balaban J connectivity index is 1.64. The fraction of sp³-hybridized carbons (Fsp3) is 0.375. The van der Waals surface area contributed by atoms with E-state index in [4.69, 9.17) is 0 Å². The van der Waals surface area contributed by atoms with Crippen LogP contribution >= 0.6 is 0 Å². The molecule has 0 bridgehead atoms. The van der Waals surface area contributed by atoms with Gasteiger partial charge in [0.25, 0.3) is 5.56 Å². The Morgan fingerprint density at radius 3 is 2.44 bits per heavy atom. The fourth-order valence-electron chi connectivity index (χ4n) is 3.59. The molecule has 0 unspecified atom stereocenters. The second-order valence-corrected chi connectivity index (χ2v) is 10.7. The zero-order chi connectivity index (χ0) is 23.5. The molecule has 0 aliphatic carbocycles. The van der Waals surface area contributed by atoms with Gasteiger partial charge in [0.05, 0.1) is 17.5 Å². The van der Waals surface area contributed by atoms with Gasteiger partial charge in [-0.2, -0.15) is 0 Å². The molecule has 0 aliphatic heterocycles. The molecule has 2 aromatic heterocycles. The maximum absolute atomic E-state index is 12.6. The van der Waals surface area contributed by atoms with Crippen LogP contribution < -0.4 is 10.9 Å². The third-order valence-corrected chi connectivity index (χ3v) is 6.52. The molecule has 170 valence electrons. The molecular formula is C24H29N3O4S. The highest BCUT2D eigenvalue weighted by atomic mass is 32.2. The summed E-state index contributed by atoms with van der Waals surface area (Å²) in [7, 11) is -3.80. The monoisotopic (exact) mass is 455 g/mol. The number of benzene rings is 1. The number of nitrogens with one attached hydrogen (secondary N) is 1. The van der Waals surface area contributed by atoms with Crippen molar-refractivity contribution in [2.75, 3.05) is 5.75 Å². The summed E-state index contributed by atoms with van der Waals surface area (Å²) >= 11 is 0. The molecule has 2 heterocycles. The predicted molar refractivity (Wildman–Crippen MR) is 125 cm³/mol. The van der Waals surface area contributed by atoms with Gasteiger partial charge in [-0.3, -0.25) is 14.0 Å². The number of hydrogen-bond acceptors (Lipinski definition) is 5. The minimum Gasteiger partial charge on any atom is -0.349 e.